The number of rotatable bonds is 6. The molecule has 0 unspecified atom stereocenters. The molecule has 2 aromatic carbocycles. The zero-order valence-electron chi connectivity index (χ0n) is 16.1. The normalized spacial score (nSPS) is 11.0. The number of terminal acetylenes is 1. The van der Waals surface area contributed by atoms with Gasteiger partial charge >= 0.3 is 0 Å². The molecule has 0 radical (unpaired) electrons. The molecular weight excluding hydrogens is 368 g/mol. The van der Waals surface area contributed by atoms with Gasteiger partial charge in [0.15, 0.2) is 5.69 Å². The first-order valence-corrected chi connectivity index (χ1v) is 9.03. The largest absolute Gasteiger partial charge is 0.480 e. The van der Waals surface area contributed by atoms with Crippen molar-refractivity contribution in [3.8, 4) is 18.1 Å². The lowest BCUT2D eigenvalue weighted by atomic mass is 10.1. The molecule has 0 saturated heterocycles. The number of hydrogen-bond donors (Lipinski definition) is 1. The summed E-state index contributed by atoms with van der Waals surface area (Å²) in [4.78, 5) is 25.3. The van der Waals surface area contributed by atoms with Crippen molar-refractivity contribution in [2.75, 3.05) is 6.61 Å². The molecule has 7 heteroatoms. The van der Waals surface area contributed by atoms with Crippen LogP contribution < -0.4 is 15.7 Å². The maximum absolute atomic E-state index is 12.7. The minimum atomic E-state index is -0.520. The van der Waals surface area contributed by atoms with E-state index in [2.05, 4.69) is 21.5 Å². The summed E-state index contributed by atoms with van der Waals surface area (Å²) in [7, 11) is 0. The molecule has 0 saturated carbocycles. The quantitative estimate of drug-likeness (QED) is 0.400. The van der Waals surface area contributed by atoms with E-state index in [1.165, 1.54) is 10.9 Å². The predicted octanol–water partition coefficient (Wildman–Crippen LogP) is 2.75. The molecule has 3 rings (SSSR count). The van der Waals surface area contributed by atoms with Crippen LogP contribution in [0.4, 0.5) is 0 Å². The van der Waals surface area contributed by atoms with Gasteiger partial charge in [-0.05, 0) is 32.0 Å². The van der Waals surface area contributed by atoms with Crippen LogP contribution >= 0.6 is 0 Å². The molecular formula is C22H20N4O3. The second-order valence-corrected chi connectivity index (χ2v) is 6.47. The van der Waals surface area contributed by atoms with Crippen LogP contribution in [0.2, 0.25) is 0 Å². The van der Waals surface area contributed by atoms with E-state index >= 15 is 0 Å². The Morgan fingerprint density at radius 1 is 1.24 bits per heavy atom. The van der Waals surface area contributed by atoms with E-state index < -0.39 is 5.91 Å². The first kappa shape index (κ1) is 19.8. The summed E-state index contributed by atoms with van der Waals surface area (Å²) in [5.74, 6) is 2.44. The maximum atomic E-state index is 12.7. The van der Waals surface area contributed by atoms with Crippen molar-refractivity contribution >= 4 is 22.9 Å². The number of para-hydroxylation sites is 1. The van der Waals surface area contributed by atoms with Crippen LogP contribution in [-0.4, -0.2) is 28.5 Å². The Morgan fingerprint density at radius 3 is 2.66 bits per heavy atom. The molecule has 7 nitrogen and oxygen atoms in total. The minimum absolute atomic E-state index is 0.128. The van der Waals surface area contributed by atoms with Gasteiger partial charge in [-0.25, -0.2) is 10.1 Å². The van der Waals surface area contributed by atoms with E-state index in [0.29, 0.717) is 22.1 Å². The van der Waals surface area contributed by atoms with Crippen LogP contribution in [0.25, 0.3) is 10.8 Å². The third-order valence-corrected chi connectivity index (χ3v) is 4.13. The summed E-state index contributed by atoms with van der Waals surface area (Å²) in [5, 5.41) is 9.16. The number of benzene rings is 2. The molecule has 0 bridgehead atoms. The van der Waals surface area contributed by atoms with Crippen molar-refractivity contribution in [1.29, 1.82) is 0 Å². The van der Waals surface area contributed by atoms with E-state index in [4.69, 9.17) is 11.2 Å². The molecule has 1 heterocycles. The molecule has 29 heavy (non-hydrogen) atoms. The SMILES string of the molecule is C#CCOc1ccccc1/C=N\NC(=O)c1nn(C(C)C)c(=O)c2ccccc12. The number of carbonyl (C=O) groups is 1. The van der Waals surface area contributed by atoms with Crippen molar-refractivity contribution in [2.24, 2.45) is 5.10 Å². The molecule has 0 atom stereocenters. The molecule has 146 valence electrons. The summed E-state index contributed by atoms with van der Waals surface area (Å²) < 4.78 is 6.75. The molecule has 0 aliphatic carbocycles. The third-order valence-electron chi connectivity index (χ3n) is 4.13. The Balaban J connectivity index is 1.90. The lowest BCUT2D eigenvalue weighted by Gasteiger charge is -2.12. The Kier molecular flexibility index (Phi) is 6.05. The number of nitrogens with one attached hydrogen (secondary N) is 1. The predicted molar refractivity (Wildman–Crippen MR) is 112 cm³/mol. The van der Waals surface area contributed by atoms with Gasteiger partial charge in [0.2, 0.25) is 0 Å². The minimum Gasteiger partial charge on any atom is -0.480 e. The molecule has 1 N–H and O–H groups in total. The number of carbonyl (C=O) groups excluding carboxylic acids is 1. The Labute approximate surface area is 168 Å². The van der Waals surface area contributed by atoms with Gasteiger partial charge in [0.1, 0.15) is 12.4 Å². The molecule has 1 aromatic heterocycles. The second kappa shape index (κ2) is 8.85. The fraction of sp³-hybridized carbons (Fsp3) is 0.182. The van der Waals surface area contributed by atoms with Gasteiger partial charge in [-0.15, -0.1) is 6.42 Å². The summed E-state index contributed by atoms with van der Waals surface area (Å²) in [6.07, 6.45) is 6.69. The van der Waals surface area contributed by atoms with Gasteiger partial charge in [0, 0.05) is 10.9 Å². The highest BCUT2D eigenvalue weighted by atomic mass is 16.5. The van der Waals surface area contributed by atoms with Crippen molar-refractivity contribution in [3.05, 3.63) is 70.1 Å². The average Bonchev–Trinajstić information content (AvgIpc) is 2.73. The fourth-order valence-electron chi connectivity index (χ4n) is 2.78. The van der Waals surface area contributed by atoms with Crippen LogP contribution in [0.15, 0.2) is 58.4 Å². The van der Waals surface area contributed by atoms with E-state index in [0.717, 1.165) is 0 Å². The van der Waals surface area contributed by atoms with Crippen LogP contribution in [0.3, 0.4) is 0 Å². The van der Waals surface area contributed by atoms with E-state index in [1.807, 2.05) is 26.0 Å². The summed E-state index contributed by atoms with van der Waals surface area (Å²) in [5.41, 5.74) is 3.01. The molecule has 0 aliphatic rings. The van der Waals surface area contributed by atoms with Gasteiger partial charge in [0.25, 0.3) is 11.5 Å². The van der Waals surface area contributed by atoms with Gasteiger partial charge in [0.05, 0.1) is 17.6 Å². The smallest absolute Gasteiger partial charge is 0.292 e. The highest BCUT2D eigenvalue weighted by Gasteiger charge is 2.17. The summed E-state index contributed by atoms with van der Waals surface area (Å²) in [6.45, 7) is 3.79. The molecule has 1 amide bonds. The number of amides is 1. The Morgan fingerprint density at radius 2 is 1.93 bits per heavy atom. The van der Waals surface area contributed by atoms with E-state index in [1.54, 1.807) is 36.4 Å². The monoisotopic (exact) mass is 388 g/mol. The van der Waals surface area contributed by atoms with Crippen LogP contribution in [-0.2, 0) is 0 Å². The summed E-state index contributed by atoms with van der Waals surface area (Å²) >= 11 is 0. The molecule has 0 aliphatic heterocycles. The van der Waals surface area contributed by atoms with Gasteiger partial charge in [-0.1, -0.05) is 36.3 Å². The standard InChI is InChI=1S/C22H20N4O3/c1-4-13-29-19-12-8-5-9-16(19)14-23-24-21(27)20-17-10-6-7-11-18(17)22(28)26(25-20)15(2)3/h1,5-12,14-15H,13H2,2-3H3,(H,24,27)/b23-14-. The lowest BCUT2D eigenvalue weighted by Crippen LogP contribution is -2.30. The highest BCUT2D eigenvalue weighted by molar-refractivity contribution is 6.05. The molecule has 0 fully saturated rings. The zero-order valence-corrected chi connectivity index (χ0v) is 16.1. The number of fused-ring (bicyclic) bond motifs is 1. The van der Waals surface area contributed by atoms with Crippen molar-refractivity contribution in [2.45, 2.75) is 19.9 Å². The third kappa shape index (κ3) is 4.33. The first-order chi connectivity index (χ1) is 14.0. The topological polar surface area (TPSA) is 85.6 Å². The van der Waals surface area contributed by atoms with Gasteiger partial charge in [-0.3, -0.25) is 9.59 Å². The number of ether oxygens (including phenoxy) is 1. The number of aromatic nitrogens is 2. The number of hydrazone groups is 1. The van der Waals surface area contributed by atoms with Gasteiger partial charge < -0.3 is 4.74 Å². The van der Waals surface area contributed by atoms with Gasteiger partial charge in [-0.2, -0.15) is 10.2 Å². The number of nitrogens with zero attached hydrogens (tertiary/aromatic N) is 3. The van der Waals surface area contributed by atoms with Crippen molar-refractivity contribution in [3.63, 3.8) is 0 Å². The lowest BCUT2D eigenvalue weighted by molar-refractivity contribution is 0.0949. The fourth-order valence-corrected chi connectivity index (χ4v) is 2.78. The Hall–Kier alpha value is -3.92. The molecule has 0 spiro atoms. The maximum Gasteiger partial charge on any atom is 0.292 e. The number of hydrogen-bond acceptors (Lipinski definition) is 5. The summed E-state index contributed by atoms with van der Waals surface area (Å²) in [6, 6.07) is 13.9. The van der Waals surface area contributed by atoms with Crippen molar-refractivity contribution < 1.29 is 9.53 Å². The van der Waals surface area contributed by atoms with E-state index in [-0.39, 0.29) is 23.9 Å². The van der Waals surface area contributed by atoms with Crippen LogP contribution in [0, 0.1) is 12.3 Å². The zero-order chi connectivity index (χ0) is 20.8. The van der Waals surface area contributed by atoms with Crippen LogP contribution in [0.5, 0.6) is 5.75 Å². The first-order valence-electron chi connectivity index (χ1n) is 9.03. The highest BCUT2D eigenvalue weighted by Crippen LogP contribution is 2.16. The Bertz CT molecular complexity index is 1170. The van der Waals surface area contributed by atoms with Crippen molar-refractivity contribution in [1.82, 2.24) is 15.2 Å². The average molecular weight is 388 g/mol. The van der Waals surface area contributed by atoms with E-state index in [9.17, 15) is 9.59 Å². The molecule has 3 aromatic rings. The second-order valence-electron chi connectivity index (χ2n) is 6.47. The van der Waals surface area contributed by atoms with Crippen LogP contribution in [0.1, 0.15) is 35.9 Å².